The molecule has 2 N–H and O–H groups in total. The van der Waals surface area contributed by atoms with Crippen LogP contribution in [0.15, 0.2) is 0 Å². The van der Waals surface area contributed by atoms with E-state index >= 15 is 0 Å². The Bertz CT molecular complexity index is 263. The van der Waals surface area contributed by atoms with E-state index in [1.165, 1.54) is 25.7 Å². The molecule has 1 heterocycles. The van der Waals surface area contributed by atoms with Gasteiger partial charge in [-0.05, 0) is 12.8 Å². The highest BCUT2D eigenvalue weighted by Gasteiger charge is 2.23. The highest BCUT2D eigenvalue weighted by molar-refractivity contribution is 7.80. The average Bonchev–Trinajstić information content (AvgIpc) is 2.89. The molecule has 4 nitrogen and oxygen atoms in total. The number of nitrogens with two attached hydrogens (primary N) is 1. The summed E-state index contributed by atoms with van der Waals surface area (Å²) in [5.41, 5.74) is 5.73. The lowest BCUT2D eigenvalue weighted by Gasteiger charge is -2.32. The molecule has 2 rings (SSSR count). The first-order valence-electron chi connectivity index (χ1n) is 7.08. The van der Waals surface area contributed by atoms with Crippen LogP contribution in [0.25, 0.3) is 0 Å². The van der Waals surface area contributed by atoms with Gasteiger partial charge in [-0.25, -0.2) is 0 Å². The second-order valence-corrected chi connectivity index (χ2v) is 5.85. The fraction of sp³-hybridized carbons (Fsp3) is 0.923. The van der Waals surface area contributed by atoms with Gasteiger partial charge in [0.25, 0.3) is 0 Å². The van der Waals surface area contributed by atoms with Crippen molar-refractivity contribution in [3.8, 4) is 0 Å². The summed E-state index contributed by atoms with van der Waals surface area (Å²) in [7, 11) is 0. The summed E-state index contributed by atoms with van der Waals surface area (Å²) in [6.45, 7) is 6.85. The fourth-order valence-electron chi connectivity index (χ4n) is 2.95. The molecule has 5 heteroatoms. The van der Waals surface area contributed by atoms with Gasteiger partial charge in [0, 0.05) is 38.8 Å². The van der Waals surface area contributed by atoms with E-state index in [-0.39, 0.29) is 0 Å². The molecule has 1 aliphatic heterocycles. The van der Waals surface area contributed by atoms with Crippen molar-refractivity contribution in [1.29, 1.82) is 0 Å². The van der Waals surface area contributed by atoms with Gasteiger partial charge in [0.1, 0.15) is 0 Å². The van der Waals surface area contributed by atoms with Gasteiger partial charge >= 0.3 is 0 Å². The van der Waals surface area contributed by atoms with Gasteiger partial charge in [-0.1, -0.05) is 25.1 Å². The maximum Gasteiger partial charge on any atom is 0.0870 e. The normalized spacial score (nSPS) is 22.7. The van der Waals surface area contributed by atoms with Crippen LogP contribution >= 0.6 is 12.2 Å². The average molecular weight is 271 g/mol. The van der Waals surface area contributed by atoms with Gasteiger partial charge in [0.05, 0.1) is 18.2 Å². The van der Waals surface area contributed by atoms with Crippen molar-refractivity contribution < 1.29 is 4.74 Å². The van der Waals surface area contributed by atoms with Crippen molar-refractivity contribution in [2.45, 2.75) is 31.7 Å². The van der Waals surface area contributed by atoms with Crippen molar-refractivity contribution >= 4 is 17.2 Å². The van der Waals surface area contributed by atoms with Crippen LogP contribution in [0.4, 0.5) is 0 Å². The lowest BCUT2D eigenvalue weighted by molar-refractivity contribution is 0.0320. The van der Waals surface area contributed by atoms with Gasteiger partial charge in [0.15, 0.2) is 0 Å². The van der Waals surface area contributed by atoms with Crippen LogP contribution in [-0.4, -0.2) is 66.8 Å². The van der Waals surface area contributed by atoms with E-state index in [0.717, 1.165) is 45.9 Å². The third-order valence-electron chi connectivity index (χ3n) is 4.01. The van der Waals surface area contributed by atoms with Crippen molar-refractivity contribution in [3.63, 3.8) is 0 Å². The largest absolute Gasteiger partial charge is 0.392 e. The quantitative estimate of drug-likeness (QED) is 0.725. The Hall–Kier alpha value is -0.230. The predicted molar refractivity (Wildman–Crippen MR) is 77.9 cm³/mol. The molecule has 0 radical (unpaired) electrons. The maximum absolute atomic E-state index is 5.73. The number of hydrogen-bond donors (Lipinski definition) is 1. The summed E-state index contributed by atoms with van der Waals surface area (Å²) in [5.74, 6) is 0. The maximum atomic E-state index is 5.73. The first-order chi connectivity index (χ1) is 8.75. The molecule has 0 aromatic rings. The fourth-order valence-corrected chi connectivity index (χ4v) is 3.12. The standard InChI is InChI=1S/C13H25N3OS/c14-13(18)11-16(12-3-1-2-4-12)6-5-15-7-9-17-10-8-15/h12H,1-11H2,(H2,14,18). The third-order valence-corrected chi connectivity index (χ3v) is 4.14. The topological polar surface area (TPSA) is 41.7 Å². The van der Waals surface area contributed by atoms with Crippen LogP contribution in [0.3, 0.4) is 0 Å². The van der Waals surface area contributed by atoms with Crippen molar-refractivity contribution in [2.24, 2.45) is 5.73 Å². The number of hydrogen-bond acceptors (Lipinski definition) is 4. The van der Waals surface area contributed by atoms with Gasteiger partial charge in [0.2, 0.25) is 0 Å². The molecule has 1 saturated carbocycles. The lowest BCUT2D eigenvalue weighted by Crippen LogP contribution is -2.46. The molecule has 0 atom stereocenters. The summed E-state index contributed by atoms with van der Waals surface area (Å²) in [5, 5.41) is 0. The Morgan fingerprint density at radius 2 is 1.94 bits per heavy atom. The molecule has 0 spiro atoms. The molecule has 0 bridgehead atoms. The molecule has 1 aliphatic carbocycles. The Morgan fingerprint density at radius 3 is 2.56 bits per heavy atom. The van der Waals surface area contributed by atoms with Crippen molar-refractivity contribution in [2.75, 3.05) is 45.9 Å². The number of nitrogens with zero attached hydrogens (tertiary/aromatic N) is 2. The smallest absolute Gasteiger partial charge is 0.0870 e. The minimum atomic E-state index is 0.629. The molecular weight excluding hydrogens is 246 g/mol. The Balaban J connectivity index is 1.78. The van der Waals surface area contributed by atoms with Crippen molar-refractivity contribution in [1.82, 2.24) is 9.80 Å². The van der Waals surface area contributed by atoms with Crippen LogP contribution in [0.2, 0.25) is 0 Å². The van der Waals surface area contributed by atoms with Gasteiger partial charge in [-0.3, -0.25) is 9.80 Å². The SMILES string of the molecule is NC(=S)CN(CCN1CCOCC1)C1CCCC1. The molecule has 2 aliphatic rings. The van der Waals surface area contributed by atoms with Crippen LogP contribution in [0.1, 0.15) is 25.7 Å². The first kappa shape index (κ1) is 14.2. The van der Waals surface area contributed by atoms with Gasteiger partial charge in [-0.15, -0.1) is 0 Å². The molecular formula is C13H25N3OS. The van der Waals surface area contributed by atoms with Crippen LogP contribution in [0.5, 0.6) is 0 Å². The Kier molecular flexibility index (Phi) is 5.82. The summed E-state index contributed by atoms with van der Waals surface area (Å²) in [4.78, 5) is 5.60. The van der Waals surface area contributed by atoms with E-state index in [2.05, 4.69) is 9.80 Å². The number of morpholine rings is 1. The molecule has 1 saturated heterocycles. The Morgan fingerprint density at radius 1 is 1.28 bits per heavy atom. The van der Waals surface area contributed by atoms with Gasteiger partial charge < -0.3 is 10.5 Å². The second-order valence-electron chi connectivity index (χ2n) is 5.33. The van der Waals surface area contributed by atoms with Crippen LogP contribution in [-0.2, 0) is 4.74 Å². The van der Waals surface area contributed by atoms with E-state index in [0.29, 0.717) is 11.0 Å². The zero-order valence-electron chi connectivity index (χ0n) is 11.1. The lowest BCUT2D eigenvalue weighted by atomic mass is 10.2. The highest BCUT2D eigenvalue weighted by Crippen LogP contribution is 2.23. The third kappa shape index (κ3) is 4.46. The molecule has 0 aromatic heterocycles. The molecule has 0 amide bonds. The molecule has 2 fully saturated rings. The van der Waals surface area contributed by atoms with E-state index in [1.54, 1.807) is 0 Å². The monoisotopic (exact) mass is 271 g/mol. The van der Waals surface area contributed by atoms with Gasteiger partial charge in [-0.2, -0.15) is 0 Å². The van der Waals surface area contributed by atoms with Crippen molar-refractivity contribution in [3.05, 3.63) is 0 Å². The molecule has 18 heavy (non-hydrogen) atoms. The molecule has 104 valence electrons. The second kappa shape index (κ2) is 7.38. The molecule has 0 aromatic carbocycles. The minimum Gasteiger partial charge on any atom is -0.392 e. The number of ether oxygens (including phenoxy) is 1. The van der Waals surface area contributed by atoms with E-state index in [1.807, 2.05) is 0 Å². The summed E-state index contributed by atoms with van der Waals surface area (Å²) >= 11 is 5.08. The predicted octanol–water partition coefficient (Wildman–Crippen LogP) is 0.849. The van der Waals surface area contributed by atoms with E-state index in [4.69, 9.17) is 22.7 Å². The van der Waals surface area contributed by atoms with E-state index in [9.17, 15) is 0 Å². The summed E-state index contributed by atoms with van der Waals surface area (Å²) in [6, 6.07) is 0.701. The number of rotatable bonds is 6. The molecule has 0 unspecified atom stereocenters. The number of thiocarbonyl (C=S) groups is 1. The van der Waals surface area contributed by atoms with Crippen LogP contribution < -0.4 is 5.73 Å². The Labute approximate surface area is 115 Å². The van der Waals surface area contributed by atoms with E-state index < -0.39 is 0 Å². The summed E-state index contributed by atoms with van der Waals surface area (Å²) < 4.78 is 5.37. The first-order valence-corrected chi connectivity index (χ1v) is 7.49. The van der Waals surface area contributed by atoms with Crippen LogP contribution in [0, 0.1) is 0 Å². The minimum absolute atomic E-state index is 0.629. The highest BCUT2D eigenvalue weighted by atomic mass is 32.1. The zero-order valence-corrected chi connectivity index (χ0v) is 12.0. The zero-order chi connectivity index (χ0) is 12.8. The summed E-state index contributed by atoms with van der Waals surface area (Å²) in [6.07, 6.45) is 5.34.